The van der Waals surface area contributed by atoms with Gasteiger partial charge in [-0.05, 0) is 0 Å². The summed E-state index contributed by atoms with van der Waals surface area (Å²) < 4.78 is 0.160. The summed E-state index contributed by atoms with van der Waals surface area (Å²) in [5.74, 6) is 0. The van der Waals surface area contributed by atoms with Crippen molar-refractivity contribution in [1.29, 1.82) is 0 Å². The summed E-state index contributed by atoms with van der Waals surface area (Å²) in [4.78, 5) is 0. The fourth-order valence-corrected chi connectivity index (χ4v) is 0. The fourth-order valence-electron chi connectivity index (χ4n) is 0. The molecule has 0 aromatic heterocycles. The van der Waals surface area contributed by atoms with Crippen LogP contribution in [0.5, 0.6) is 0 Å². The summed E-state index contributed by atoms with van der Waals surface area (Å²) in [5.41, 5.74) is 0. The van der Waals surface area contributed by atoms with Crippen molar-refractivity contribution in [3.05, 3.63) is 0 Å². The standard InChI is InChI=1S/2Fe.3HI/h;;3*1H/q;+3;;;/p-3. The topological polar surface area (TPSA) is 0 Å². The van der Waals surface area contributed by atoms with Gasteiger partial charge in [-0.15, -0.1) is 0 Å². The van der Waals surface area contributed by atoms with E-state index in [1.807, 2.05) is 0 Å². The molecule has 0 nitrogen and oxygen atoms in total. The van der Waals surface area contributed by atoms with Gasteiger partial charge in [0.2, 0.25) is 0 Å². The van der Waals surface area contributed by atoms with Crippen LogP contribution in [0.1, 0.15) is 0 Å². The molecule has 0 aromatic rings. The quantitative estimate of drug-likeness (QED) is 0.361. The Hall–Kier alpha value is 3.23. The Balaban J connectivity index is 0. The van der Waals surface area contributed by atoms with Crippen LogP contribution in [0.2, 0.25) is 0 Å². The molecular formula is Fe2I3. The van der Waals surface area contributed by atoms with Crippen LogP contribution in [0.25, 0.3) is 0 Å². The predicted molar refractivity (Wildman–Crippen MR) is 42.1 cm³/mol. The second-order valence-electron chi connectivity index (χ2n) is 0.152. The van der Waals surface area contributed by atoms with Gasteiger partial charge < -0.3 is 0 Å². The van der Waals surface area contributed by atoms with E-state index in [9.17, 15) is 0 Å². The Morgan fingerprint density at radius 3 is 1.00 bits per heavy atom. The van der Waals surface area contributed by atoms with Crippen molar-refractivity contribution in [3.8, 4) is 0 Å². The van der Waals surface area contributed by atoms with Gasteiger partial charge in [0, 0.05) is 17.1 Å². The van der Waals surface area contributed by atoms with E-state index in [0.29, 0.717) is 0 Å². The summed E-state index contributed by atoms with van der Waals surface area (Å²) in [6, 6.07) is 0. The zero-order valence-corrected chi connectivity index (χ0v) is 10.5. The van der Waals surface area contributed by atoms with Gasteiger partial charge in [0.15, 0.2) is 0 Å². The van der Waals surface area contributed by atoms with Crippen molar-refractivity contribution in [2.45, 2.75) is 0 Å². The number of hydrogen-bond donors (Lipinski definition) is 0. The first-order valence-corrected chi connectivity index (χ1v) is 11.1. The van der Waals surface area contributed by atoms with E-state index in [1.165, 1.54) is 0 Å². The molecule has 37 valence electrons. The maximum absolute atomic E-state index is 2.40. The molecule has 0 atom stereocenters. The van der Waals surface area contributed by atoms with Crippen LogP contribution in [0.15, 0.2) is 0 Å². The van der Waals surface area contributed by atoms with Crippen LogP contribution in [0.4, 0.5) is 0 Å². The fraction of sp³-hybridized carbons (Fsp3) is 0. The van der Waals surface area contributed by atoms with Crippen molar-refractivity contribution in [2.24, 2.45) is 0 Å². The van der Waals surface area contributed by atoms with Gasteiger partial charge in [-0.2, -0.15) is 0 Å². The third kappa shape index (κ3) is 19.0. The molecule has 0 aliphatic rings. The molecule has 0 saturated carbocycles. The molecule has 0 bridgehead atoms. The molecule has 0 aliphatic heterocycles. The van der Waals surface area contributed by atoms with Crippen LogP contribution in [-0.4, -0.2) is 0 Å². The van der Waals surface area contributed by atoms with E-state index in [0.717, 1.165) is 0 Å². The van der Waals surface area contributed by atoms with E-state index >= 15 is 0 Å². The van der Waals surface area contributed by atoms with Crippen molar-refractivity contribution < 1.29 is 21.2 Å². The monoisotopic (exact) mass is 493 g/mol. The minimum absolute atomic E-state index is 0. The minimum atomic E-state index is 0. The first kappa shape index (κ1) is 11.1. The normalized spacial score (nSPS) is 9.00. The van der Waals surface area contributed by atoms with E-state index in [-0.39, 0.29) is 21.2 Å². The molecule has 0 aliphatic carbocycles. The molecule has 0 heterocycles. The van der Waals surface area contributed by atoms with Crippen LogP contribution in [0, 0.1) is 0 Å². The second-order valence-corrected chi connectivity index (χ2v) is 28.1. The molecular weight excluding hydrogens is 492 g/mol. The first-order valence-electron chi connectivity index (χ1n) is 0.401. The van der Waals surface area contributed by atoms with E-state index < -0.39 is 0 Å². The van der Waals surface area contributed by atoms with Gasteiger partial charge >= 0.3 is 65.2 Å². The summed E-state index contributed by atoms with van der Waals surface area (Å²) >= 11 is 7.20. The van der Waals surface area contributed by atoms with Crippen LogP contribution >= 0.6 is 61.0 Å². The van der Waals surface area contributed by atoms with Crippen molar-refractivity contribution in [2.75, 3.05) is 0 Å². The van der Waals surface area contributed by atoms with Crippen molar-refractivity contribution in [1.82, 2.24) is 0 Å². The zero-order valence-electron chi connectivity index (χ0n) is 1.84. The molecule has 0 amide bonds. The third-order valence-electron chi connectivity index (χ3n) is 0. The van der Waals surface area contributed by atoms with Crippen LogP contribution in [0.3, 0.4) is 0 Å². The van der Waals surface area contributed by atoms with Gasteiger partial charge in [-0.25, -0.2) is 0 Å². The molecule has 0 unspecified atom stereocenters. The summed E-state index contributed by atoms with van der Waals surface area (Å²) in [6.07, 6.45) is 0. The molecule has 0 N–H and O–H groups in total. The average Bonchev–Trinajstić information content (AvgIpc) is 0.811. The molecule has 0 radical (unpaired) electrons. The molecule has 0 fully saturated rings. The number of halogens is 3. The summed E-state index contributed by atoms with van der Waals surface area (Å²) in [7, 11) is 0. The Morgan fingerprint density at radius 2 is 1.00 bits per heavy atom. The molecule has 5 heavy (non-hydrogen) atoms. The molecule has 0 aromatic carbocycles. The van der Waals surface area contributed by atoms with Gasteiger partial charge in [-0.3, -0.25) is 0 Å². The van der Waals surface area contributed by atoms with Gasteiger partial charge in [0.1, 0.15) is 0 Å². The Morgan fingerprint density at radius 1 is 1.00 bits per heavy atom. The van der Waals surface area contributed by atoms with E-state index in [1.54, 1.807) is 0 Å². The predicted octanol–water partition coefficient (Wildman–Crippen LogP) is 2.65. The Kier molecular flexibility index (Phi) is 16.0. The van der Waals surface area contributed by atoms with Crippen LogP contribution < -0.4 is 0 Å². The Bertz CT molecular complexity index is 9.61. The van der Waals surface area contributed by atoms with E-state index in [2.05, 4.69) is 61.0 Å². The molecule has 5 heteroatoms. The Labute approximate surface area is 80.2 Å². The SMILES string of the molecule is [Fe].[I][Fe]([I])[I]. The molecule has 0 spiro atoms. The van der Waals surface area contributed by atoms with Gasteiger partial charge in [0.05, 0.1) is 0 Å². The summed E-state index contributed by atoms with van der Waals surface area (Å²) in [5, 5.41) is 0. The molecule has 0 saturated heterocycles. The summed E-state index contributed by atoms with van der Waals surface area (Å²) in [6.45, 7) is 0. The average molecular weight is 492 g/mol. The van der Waals surface area contributed by atoms with Gasteiger partial charge in [-0.1, -0.05) is 0 Å². The zero-order chi connectivity index (χ0) is 3.58. The van der Waals surface area contributed by atoms with E-state index in [4.69, 9.17) is 0 Å². The third-order valence-corrected chi connectivity index (χ3v) is 0. The first-order chi connectivity index (χ1) is 1.73. The van der Waals surface area contributed by atoms with Crippen molar-refractivity contribution in [3.63, 3.8) is 0 Å². The number of rotatable bonds is 0. The molecule has 0 rings (SSSR count). The van der Waals surface area contributed by atoms with Gasteiger partial charge in [0.25, 0.3) is 0 Å². The second kappa shape index (κ2) is 7.23. The number of hydrogen-bond acceptors (Lipinski definition) is 0. The van der Waals surface area contributed by atoms with Crippen LogP contribution in [-0.2, 0) is 21.2 Å². The maximum atomic E-state index is 2.40. The van der Waals surface area contributed by atoms with Crippen molar-refractivity contribution >= 4 is 61.0 Å².